The van der Waals surface area contributed by atoms with Crippen molar-refractivity contribution in [3.63, 3.8) is 0 Å². The van der Waals surface area contributed by atoms with Crippen molar-refractivity contribution < 1.29 is 4.39 Å². The fourth-order valence-electron chi connectivity index (χ4n) is 1.54. The third kappa shape index (κ3) is 3.24. The van der Waals surface area contributed by atoms with E-state index in [2.05, 4.69) is 43.8 Å². The first-order chi connectivity index (χ1) is 9.00. The molecule has 0 aromatic heterocycles. The van der Waals surface area contributed by atoms with Crippen LogP contribution in [-0.4, -0.2) is 4.99 Å². The molecule has 0 fully saturated rings. The molecule has 0 amide bonds. The van der Waals surface area contributed by atoms with E-state index in [4.69, 9.17) is 18.0 Å². The summed E-state index contributed by atoms with van der Waals surface area (Å²) in [5.74, 6) is -0.412. The number of hydrogen-bond donors (Lipinski definition) is 2. The Balaban J connectivity index is 2.40. The van der Waals surface area contributed by atoms with Gasteiger partial charge in [-0.25, -0.2) is 4.39 Å². The average molecular weight is 451 g/mol. The molecule has 0 saturated carbocycles. The SMILES string of the molecule is NC(=S)c1ccc(Nc2ccccc2I)c(F)c1Br. The lowest BCUT2D eigenvalue weighted by molar-refractivity contribution is 0.625. The Morgan fingerprint density at radius 3 is 2.53 bits per heavy atom. The maximum Gasteiger partial charge on any atom is 0.161 e. The summed E-state index contributed by atoms with van der Waals surface area (Å²) in [6.07, 6.45) is 0. The van der Waals surface area contributed by atoms with Gasteiger partial charge in [-0.15, -0.1) is 0 Å². The van der Waals surface area contributed by atoms with E-state index in [1.165, 1.54) is 0 Å². The average Bonchev–Trinajstić information content (AvgIpc) is 2.37. The van der Waals surface area contributed by atoms with Gasteiger partial charge in [0.25, 0.3) is 0 Å². The van der Waals surface area contributed by atoms with Crippen molar-refractivity contribution in [2.75, 3.05) is 5.32 Å². The van der Waals surface area contributed by atoms with Gasteiger partial charge in [-0.3, -0.25) is 0 Å². The minimum atomic E-state index is -0.412. The third-order valence-electron chi connectivity index (χ3n) is 2.49. The number of anilines is 2. The Kier molecular flexibility index (Phi) is 4.75. The number of rotatable bonds is 3. The van der Waals surface area contributed by atoms with Gasteiger partial charge in [-0.1, -0.05) is 24.4 Å². The van der Waals surface area contributed by atoms with Crippen LogP contribution in [0.25, 0.3) is 0 Å². The number of para-hydroxylation sites is 1. The Labute approximate surface area is 137 Å². The van der Waals surface area contributed by atoms with Crippen LogP contribution in [0.4, 0.5) is 15.8 Å². The fourth-order valence-corrected chi connectivity index (χ4v) is 2.93. The molecular weight excluding hydrogens is 442 g/mol. The molecule has 6 heteroatoms. The van der Waals surface area contributed by atoms with Gasteiger partial charge in [0.15, 0.2) is 5.82 Å². The van der Waals surface area contributed by atoms with Crippen LogP contribution in [0.15, 0.2) is 40.9 Å². The molecule has 0 heterocycles. The van der Waals surface area contributed by atoms with Crippen LogP contribution < -0.4 is 11.1 Å². The van der Waals surface area contributed by atoms with Gasteiger partial charge < -0.3 is 11.1 Å². The second kappa shape index (κ2) is 6.15. The smallest absolute Gasteiger partial charge is 0.161 e. The van der Waals surface area contributed by atoms with Gasteiger partial charge >= 0.3 is 0 Å². The second-order valence-corrected chi connectivity index (χ2v) is 6.15. The number of nitrogens with two attached hydrogens (primary N) is 1. The van der Waals surface area contributed by atoms with Crippen molar-refractivity contribution >= 4 is 67.1 Å². The number of halogens is 3. The number of hydrogen-bond acceptors (Lipinski definition) is 2. The summed E-state index contributed by atoms with van der Waals surface area (Å²) in [6, 6.07) is 11.0. The highest BCUT2D eigenvalue weighted by molar-refractivity contribution is 14.1. The van der Waals surface area contributed by atoms with Crippen LogP contribution in [0.1, 0.15) is 5.56 Å². The van der Waals surface area contributed by atoms with Gasteiger partial charge in [0.1, 0.15) is 4.99 Å². The highest BCUT2D eigenvalue weighted by atomic mass is 127. The van der Waals surface area contributed by atoms with Crippen molar-refractivity contribution in [1.29, 1.82) is 0 Å². The topological polar surface area (TPSA) is 38.0 Å². The van der Waals surface area contributed by atoms with E-state index in [-0.39, 0.29) is 9.46 Å². The molecule has 2 nitrogen and oxygen atoms in total. The fraction of sp³-hybridized carbons (Fsp3) is 0. The molecule has 98 valence electrons. The lowest BCUT2D eigenvalue weighted by Gasteiger charge is -2.12. The Bertz CT molecular complexity index is 649. The maximum absolute atomic E-state index is 14.2. The number of thiocarbonyl (C=S) groups is 1. The quantitative estimate of drug-likeness (QED) is 0.531. The van der Waals surface area contributed by atoms with Crippen molar-refractivity contribution in [1.82, 2.24) is 0 Å². The third-order valence-corrected chi connectivity index (χ3v) is 4.43. The summed E-state index contributed by atoms with van der Waals surface area (Å²) >= 11 is 10.2. The molecule has 0 spiro atoms. The maximum atomic E-state index is 14.2. The Morgan fingerprint density at radius 1 is 1.21 bits per heavy atom. The molecule has 0 aliphatic carbocycles. The van der Waals surface area contributed by atoms with Gasteiger partial charge in [0.2, 0.25) is 0 Å². The zero-order valence-electron chi connectivity index (χ0n) is 9.58. The summed E-state index contributed by atoms with van der Waals surface area (Å²) in [7, 11) is 0. The lowest BCUT2D eigenvalue weighted by atomic mass is 10.2. The molecule has 0 saturated heterocycles. The van der Waals surface area contributed by atoms with Crippen LogP contribution >= 0.6 is 50.7 Å². The van der Waals surface area contributed by atoms with Gasteiger partial charge in [0.05, 0.1) is 15.8 Å². The van der Waals surface area contributed by atoms with Crippen LogP contribution in [0.3, 0.4) is 0 Å². The molecule has 2 aromatic carbocycles. The molecule has 2 rings (SSSR count). The minimum Gasteiger partial charge on any atom is -0.389 e. The molecule has 0 atom stereocenters. The molecule has 19 heavy (non-hydrogen) atoms. The predicted molar refractivity (Wildman–Crippen MR) is 92.4 cm³/mol. The summed E-state index contributed by atoms with van der Waals surface area (Å²) in [5, 5.41) is 3.05. The van der Waals surface area contributed by atoms with Gasteiger partial charge in [-0.05, 0) is 62.8 Å². The van der Waals surface area contributed by atoms with Crippen LogP contribution in [0.5, 0.6) is 0 Å². The first-order valence-corrected chi connectivity index (χ1v) is 7.58. The monoisotopic (exact) mass is 450 g/mol. The van der Waals surface area contributed by atoms with Gasteiger partial charge in [-0.2, -0.15) is 0 Å². The first kappa shape index (κ1) is 14.7. The van der Waals surface area contributed by atoms with Crippen molar-refractivity contribution in [2.24, 2.45) is 5.73 Å². The Morgan fingerprint density at radius 2 is 1.89 bits per heavy atom. The highest BCUT2D eigenvalue weighted by Gasteiger charge is 2.13. The highest BCUT2D eigenvalue weighted by Crippen LogP contribution is 2.30. The van der Waals surface area contributed by atoms with Crippen molar-refractivity contribution in [2.45, 2.75) is 0 Å². The summed E-state index contributed by atoms with van der Waals surface area (Å²) in [4.78, 5) is 0.159. The largest absolute Gasteiger partial charge is 0.389 e. The number of nitrogens with one attached hydrogen (secondary N) is 1. The van der Waals surface area contributed by atoms with Gasteiger partial charge in [0, 0.05) is 9.13 Å². The van der Waals surface area contributed by atoms with E-state index in [0.29, 0.717) is 11.3 Å². The number of benzene rings is 2. The molecular formula is C13H9BrFIN2S. The molecule has 0 radical (unpaired) electrons. The van der Waals surface area contributed by atoms with E-state index in [1.54, 1.807) is 12.1 Å². The van der Waals surface area contributed by atoms with E-state index in [9.17, 15) is 4.39 Å². The Hall–Kier alpha value is -0.730. The lowest BCUT2D eigenvalue weighted by Crippen LogP contribution is -2.11. The second-order valence-electron chi connectivity index (χ2n) is 3.76. The zero-order chi connectivity index (χ0) is 14.0. The molecule has 0 unspecified atom stereocenters. The van der Waals surface area contributed by atoms with Crippen LogP contribution in [-0.2, 0) is 0 Å². The normalized spacial score (nSPS) is 10.3. The molecule has 3 N–H and O–H groups in total. The van der Waals surface area contributed by atoms with Crippen LogP contribution in [0.2, 0.25) is 0 Å². The van der Waals surface area contributed by atoms with Crippen molar-refractivity contribution in [3.05, 3.63) is 55.8 Å². The van der Waals surface area contributed by atoms with E-state index in [0.717, 1.165) is 9.26 Å². The molecule has 0 aliphatic rings. The van der Waals surface area contributed by atoms with E-state index >= 15 is 0 Å². The summed E-state index contributed by atoms with van der Waals surface area (Å²) in [6.45, 7) is 0. The first-order valence-electron chi connectivity index (χ1n) is 5.30. The van der Waals surface area contributed by atoms with Crippen molar-refractivity contribution in [3.8, 4) is 0 Å². The van der Waals surface area contributed by atoms with E-state index < -0.39 is 5.82 Å². The van der Waals surface area contributed by atoms with Crippen LogP contribution in [0, 0.1) is 9.39 Å². The predicted octanol–water partition coefficient (Wildman–Crippen LogP) is 4.57. The molecule has 0 aliphatic heterocycles. The summed E-state index contributed by atoms with van der Waals surface area (Å²) in [5.41, 5.74) is 7.23. The molecule has 0 bridgehead atoms. The minimum absolute atomic E-state index is 0.159. The zero-order valence-corrected chi connectivity index (χ0v) is 14.1. The standard InChI is InChI=1S/C13H9BrFIN2S/c14-11-7(13(17)19)5-6-10(12(11)15)18-9-4-2-1-3-8(9)16/h1-6,18H,(H2,17,19). The molecule has 2 aromatic rings. The van der Waals surface area contributed by atoms with E-state index in [1.807, 2.05) is 24.3 Å². The summed E-state index contributed by atoms with van der Waals surface area (Å²) < 4.78 is 15.5.